The Balaban J connectivity index is 0.00000144. The zero-order valence-corrected chi connectivity index (χ0v) is 11.8. The predicted molar refractivity (Wildman–Crippen MR) is 72.4 cm³/mol. The molecule has 0 aromatic carbocycles. The summed E-state index contributed by atoms with van der Waals surface area (Å²) in [4.78, 5) is 13.9. The van der Waals surface area contributed by atoms with Crippen molar-refractivity contribution in [3.05, 3.63) is 0 Å². The van der Waals surface area contributed by atoms with Crippen LogP contribution in [0, 0.1) is 17.8 Å². The highest BCUT2D eigenvalue weighted by Crippen LogP contribution is 2.27. The second-order valence-corrected chi connectivity index (χ2v) is 5.66. The normalized spacial score (nSPS) is 28.7. The van der Waals surface area contributed by atoms with Crippen molar-refractivity contribution in [1.29, 1.82) is 0 Å². The summed E-state index contributed by atoms with van der Waals surface area (Å²) in [7, 11) is 0. The first kappa shape index (κ1) is 14.8. The summed E-state index contributed by atoms with van der Waals surface area (Å²) >= 11 is 0. The molecule has 1 N–H and O–H groups in total. The van der Waals surface area contributed by atoms with Gasteiger partial charge in [0, 0.05) is 13.1 Å². The largest absolute Gasteiger partial charge is 0.341 e. The van der Waals surface area contributed by atoms with Crippen molar-refractivity contribution in [2.45, 2.75) is 33.1 Å². The number of piperidine rings is 1. The molecule has 1 heterocycles. The Morgan fingerprint density at radius 1 is 1.24 bits per heavy atom. The Bertz CT molecular complexity index is 256. The fourth-order valence-electron chi connectivity index (χ4n) is 2.31. The van der Waals surface area contributed by atoms with Crippen LogP contribution < -0.4 is 5.32 Å². The van der Waals surface area contributed by atoms with Gasteiger partial charge in [-0.2, -0.15) is 0 Å². The molecule has 100 valence electrons. The van der Waals surface area contributed by atoms with Crippen LogP contribution in [0.1, 0.15) is 33.1 Å². The van der Waals surface area contributed by atoms with Gasteiger partial charge in [0.2, 0.25) is 5.91 Å². The van der Waals surface area contributed by atoms with Gasteiger partial charge in [0.05, 0.1) is 6.54 Å². The van der Waals surface area contributed by atoms with E-state index in [0.717, 1.165) is 37.9 Å². The van der Waals surface area contributed by atoms with Gasteiger partial charge < -0.3 is 10.2 Å². The summed E-state index contributed by atoms with van der Waals surface area (Å²) in [6.45, 7) is 8.02. The number of hydrogen-bond donors (Lipinski definition) is 1. The number of rotatable bonds is 4. The molecule has 1 aliphatic heterocycles. The van der Waals surface area contributed by atoms with Gasteiger partial charge in [-0.15, -0.1) is 12.4 Å². The van der Waals surface area contributed by atoms with Crippen LogP contribution in [0.2, 0.25) is 0 Å². The van der Waals surface area contributed by atoms with Crippen molar-refractivity contribution < 1.29 is 4.79 Å². The number of nitrogens with zero attached hydrogens (tertiary/aromatic N) is 1. The molecule has 3 nitrogen and oxygen atoms in total. The molecule has 17 heavy (non-hydrogen) atoms. The molecule has 0 spiro atoms. The smallest absolute Gasteiger partial charge is 0.236 e. The number of halogens is 1. The van der Waals surface area contributed by atoms with Crippen LogP contribution in [0.25, 0.3) is 0 Å². The van der Waals surface area contributed by atoms with Crippen LogP contribution in [-0.4, -0.2) is 37.0 Å². The van der Waals surface area contributed by atoms with Crippen molar-refractivity contribution >= 4 is 18.3 Å². The third-order valence-corrected chi connectivity index (χ3v) is 4.09. The maximum absolute atomic E-state index is 11.9. The summed E-state index contributed by atoms with van der Waals surface area (Å²) in [5.74, 6) is 2.57. The van der Waals surface area contributed by atoms with Gasteiger partial charge in [-0.25, -0.2) is 0 Å². The molecule has 0 aromatic heterocycles. The van der Waals surface area contributed by atoms with E-state index in [-0.39, 0.29) is 12.4 Å². The van der Waals surface area contributed by atoms with Gasteiger partial charge in [-0.1, -0.05) is 13.8 Å². The molecule has 4 heteroatoms. The fraction of sp³-hybridized carbons (Fsp3) is 0.923. The van der Waals surface area contributed by atoms with Crippen molar-refractivity contribution in [1.82, 2.24) is 10.2 Å². The third-order valence-electron chi connectivity index (χ3n) is 4.09. The van der Waals surface area contributed by atoms with Crippen molar-refractivity contribution in [3.63, 3.8) is 0 Å². The van der Waals surface area contributed by atoms with Gasteiger partial charge >= 0.3 is 0 Å². The second-order valence-electron chi connectivity index (χ2n) is 5.66. The Kier molecular flexibility index (Phi) is 5.74. The Morgan fingerprint density at radius 3 is 2.53 bits per heavy atom. The number of carbonyl (C=O) groups excluding carboxylic acids is 1. The number of hydrogen-bond acceptors (Lipinski definition) is 2. The lowest BCUT2D eigenvalue weighted by atomic mass is 9.89. The van der Waals surface area contributed by atoms with Crippen LogP contribution in [0.5, 0.6) is 0 Å². The van der Waals surface area contributed by atoms with E-state index in [1.54, 1.807) is 0 Å². The highest BCUT2D eigenvalue weighted by atomic mass is 35.5. The van der Waals surface area contributed by atoms with Crippen molar-refractivity contribution in [2.24, 2.45) is 17.8 Å². The molecule has 2 atom stereocenters. The third kappa shape index (κ3) is 4.47. The predicted octanol–water partition coefficient (Wildman–Crippen LogP) is 1.91. The highest BCUT2D eigenvalue weighted by molar-refractivity contribution is 5.85. The molecular weight excluding hydrogens is 236 g/mol. The minimum Gasteiger partial charge on any atom is -0.341 e. The molecule has 2 unspecified atom stereocenters. The van der Waals surface area contributed by atoms with E-state index in [1.165, 1.54) is 12.8 Å². The quantitative estimate of drug-likeness (QED) is 0.838. The minimum absolute atomic E-state index is 0. The lowest BCUT2D eigenvalue weighted by molar-refractivity contribution is -0.132. The first-order valence-electron chi connectivity index (χ1n) is 6.65. The van der Waals surface area contributed by atoms with E-state index in [9.17, 15) is 4.79 Å². The van der Waals surface area contributed by atoms with Gasteiger partial charge in [0.1, 0.15) is 0 Å². The van der Waals surface area contributed by atoms with Crippen LogP contribution >= 0.6 is 12.4 Å². The first-order chi connectivity index (χ1) is 7.66. The Morgan fingerprint density at radius 2 is 1.94 bits per heavy atom. The number of carbonyl (C=O) groups is 1. The molecule has 2 rings (SSSR count). The van der Waals surface area contributed by atoms with E-state index in [2.05, 4.69) is 19.2 Å². The maximum Gasteiger partial charge on any atom is 0.236 e. The molecule has 0 aromatic rings. The van der Waals surface area contributed by atoms with Gasteiger partial charge in [-0.3, -0.25) is 4.79 Å². The van der Waals surface area contributed by atoms with Crippen LogP contribution in [0.15, 0.2) is 0 Å². The van der Waals surface area contributed by atoms with E-state index in [0.29, 0.717) is 18.4 Å². The van der Waals surface area contributed by atoms with E-state index >= 15 is 0 Å². The minimum atomic E-state index is 0. The molecule has 2 fully saturated rings. The lowest BCUT2D eigenvalue weighted by Gasteiger charge is -2.35. The maximum atomic E-state index is 11.9. The molecule has 1 saturated heterocycles. The van der Waals surface area contributed by atoms with Gasteiger partial charge in [0.15, 0.2) is 0 Å². The zero-order chi connectivity index (χ0) is 11.5. The van der Waals surface area contributed by atoms with Crippen LogP contribution in [-0.2, 0) is 4.79 Å². The SMILES string of the molecule is CC1CCN(C(=O)CNCC2CC2)CC1C.Cl. The topological polar surface area (TPSA) is 32.3 Å². The molecule has 0 bridgehead atoms. The molecule has 0 radical (unpaired) electrons. The van der Waals surface area contributed by atoms with E-state index < -0.39 is 0 Å². The van der Waals surface area contributed by atoms with Crippen molar-refractivity contribution in [3.8, 4) is 0 Å². The average Bonchev–Trinajstić information content (AvgIpc) is 3.06. The summed E-state index contributed by atoms with van der Waals surface area (Å²) < 4.78 is 0. The molecule has 1 saturated carbocycles. The number of likely N-dealkylation sites (tertiary alicyclic amines) is 1. The van der Waals surface area contributed by atoms with Gasteiger partial charge in [-0.05, 0) is 43.6 Å². The van der Waals surface area contributed by atoms with Crippen LogP contribution in [0.3, 0.4) is 0 Å². The van der Waals surface area contributed by atoms with E-state index in [4.69, 9.17) is 0 Å². The molecule has 1 amide bonds. The monoisotopic (exact) mass is 260 g/mol. The number of nitrogens with one attached hydrogen (secondary N) is 1. The number of amides is 1. The van der Waals surface area contributed by atoms with Crippen LogP contribution in [0.4, 0.5) is 0 Å². The summed E-state index contributed by atoms with van der Waals surface area (Å²) in [5.41, 5.74) is 0. The average molecular weight is 261 g/mol. The lowest BCUT2D eigenvalue weighted by Crippen LogP contribution is -2.45. The standard InChI is InChI=1S/C13H24N2O.ClH/c1-10-5-6-15(9-11(10)2)13(16)8-14-7-12-3-4-12;/h10-12,14H,3-9H2,1-2H3;1H. The molecule has 2 aliphatic rings. The molecular formula is C13H25ClN2O. The zero-order valence-electron chi connectivity index (χ0n) is 10.9. The van der Waals surface area contributed by atoms with E-state index in [1.807, 2.05) is 4.90 Å². The summed E-state index contributed by atoms with van der Waals surface area (Å²) in [5, 5.41) is 3.28. The second kappa shape index (κ2) is 6.60. The van der Waals surface area contributed by atoms with Gasteiger partial charge in [0.25, 0.3) is 0 Å². The Labute approximate surface area is 111 Å². The first-order valence-corrected chi connectivity index (χ1v) is 6.65. The summed E-state index contributed by atoms with van der Waals surface area (Å²) in [6, 6.07) is 0. The Hall–Kier alpha value is -0.280. The highest BCUT2D eigenvalue weighted by Gasteiger charge is 2.26. The van der Waals surface area contributed by atoms with Crippen molar-refractivity contribution in [2.75, 3.05) is 26.2 Å². The summed E-state index contributed by atoms with van der Waals surface area (Å²) in [6.07, 6.45) is 3.86. The fourth-order valence-corrected chi connectivity index (χ4v) is 2.31. The molecule has 1 aliphatic carbocycles.